The second-order valence-electron chi connectivity index (χ2n) is 4.44. The van der Waals surface area contributed by atoms with Crippen molar-refractivity contribution in [2.45, 2.75) is 20.4 Å². The predicted molar refractivity (Wildman–Crippen MR) is 92.6 cm³/mol. The first kappa shape index (κ1) is 18.6. The predicted octanol–water partition coefficient (Wildman–Crippen LogP) is 3.53. The molecule has 3 nitrogen and oxygen atoms in total. The van der Waals surface area contributed by atoms with Gasteiger partial charge in [0, 0.05) is 30.2 Å². The largest absolute Gasteiger partial charge is 0.356 e. The van der Waals surface area contributed by atoms with Gasteiger partial charge >= 0.3 is 0 Å². The zero-order valence-corrected chi connectivity index (χ0v) is 15.3. The molecule has 0 spiro atoms. The molecule has 0 amide bonds. The van der Waals surface area contributed by atoms with Crippen molar-refractivity contribution in [2.24, 2.45) is 10.9 Å². The lowest BCUT2D eigenvalue weighted by Crippen LogP contribution is -2.38. The van der Waals surface area contributed by atoms with Crippen LogP contribution in [0.15, 0.2) is 27.7 Å². The Morgan fingerprint density at radius 2 is 2.05 bits per heavy atom. The highest BCUT2D eigenvalue weighted by molar-refractivity contribution is 14.0. The van der Waals surface area contributed by atoms with Crippen LogP contribution in [0, 0.1) is 11.7 Å². The van der Waals surface area contributed by atoms with Gasteiger partial charge in [-0.3, -0.25) is 4.99 Å². The Morgan fingerprint density at radius 3 is 2.58 bits per heavy atom. The molecule has 0 saturated heterocycles. The molecule has 6 heteroatoms. The molecule has 0 heterocycles. The smallest absolute Gasteiger partial charge is 0.191 e. The van der Waals surface area contributed by atoms with Crippen LogP contribution in [0.2, 0.25) is 0 Å². The van der Waals surface area contributed by atoms with Gasteiger partial charge in [0.25, 0.3) is 0 Å². The van der Waals surface area contributed by atoms with Gasteiger partial charge in [-0.15, -0.1) is 24.0 Å². The van der Waals surface area contributed by atoms with Crippen LogP contribution < -0.4 is 10.6 Å². The summed E-state index contributed by atoms with van der Waals surface area (Å²) in [5.41, 5.74) is 0.616. The van der Waals surface area contributed by atoms with E-state index >= 15 is 0 Å². The van der Waals surface area contributed by atoms with E-state index in [0.29, 0.717) is 24.0 Å². The van der Waals surface area contributed by atoms with E-state index < -0.39 is 0 Å². The number of benzene rings is 1. The van der Waals surface area contributed by atoms with Crippen molar-refractivity contribution < 1.29 is 4.39 Å². The van der Waals surface area contributed by atoms with Crippen LogP contribution in [0.4, 0.5) is 4.39 Å². The quantitative estimate of drug-likeness (QED) is 0.424. The maximum atomic E-state index is 13.6. The fourth-order valence-corrected chi connectivity index (χ4v) is 1.70. The van der Waals surface area contributed by atoms with Gasteiger partial charge in [0.15, 0.2) is 5.96 Å². The zero-order chi connectivity index (χ0) is 13.5. The van der Waals surface area contributed by atoms with Gasteiger partial charge in [-0.05, 0) is 18.1 Å². The van der Waals surface area contributed by atoms with Crippen LogP contribution in [0.3, 0.4) is 0 Å². The Morgan fingerprint density at radius 1 is 1.37 bits per heavy atom. The van der Waals surface area contributed by atoms with Crippen LogP contribution in [-0.2, 0) is 6.54 Å². The molecular formula is C13H20BrFIN3. The third-order valence-corrected chi connectivity index (χ3v) is 2.86. The van der Waals surface area contributed by atoms with Gasteiger partial charge in [0.1, 0.15) is 5.82 Å². The number of halogens is 3. The molecule has 0 radical (unpaired) electrons. The molecule has 0 aliphatic rings. The number of rotatable bonds is 4. The molecule has 0 fully saturated rings. The summed E-state index contributed by atoms with van der Waals surface area (Å²) < 4.78 is 14.3. The minimum absolute atomic E-state index is 0. The Balaban J connectivity index is 0.00000324. The SMILES string of the molecule is CN=C(NCc1ccc(Br)cc1F)NCC(C)C.I. The Bertz CT molecular complexity index is 424. The first-order valence-corrected chi connectivity index (χ1v) is 6.70. The topological polar surface area (TPSA) is 36.4 Å². The Hall–Kier alpha value is -0.370. The molecule has 1 aromatic rings. The van der Waals surface area contributed by atoms with Crippen molar-refractivity contribution >= 4 is 45.9 Å². The summed E-state index contributed by atoms with van der Waals surface area (Å²) in [6, 6.07) is 5.04. The van der Waals surface area contributed by atoms with Gasteiger partial charge in [0.2, 0.25) is 0 Å². The van der Waals surface area contributed by atoms with E-state index in [0.717, 1.165) is 11.0 Å². The standard InChI is InChI=1S/C13H19BrFN3.HI/c1-9(2)7-17-13(16-3)18-8-10-4-5-11(14)6-12(10)15;/h4-6,9H,7-8H2,1-3H3,(H2,16,17,18);1H. The summed E-state index contributed by atoms with van der Waals surface area (Å²) in [6.07, 6.45) is 0. The molecule has 1 aromatic carbocycles. The minimum atomic E-state index is -0.226. The van der Waals surface area contributed by atoms with Crippen molar-refractivity contribution in [3.63, 3.8) is 0 Å². The highest BCUT2D eigenvalue weighted by Crippen LogP contribution is 2.14. The molecule has 0 aliphatic carbocycles. The van der Waals surface area contributed by atoms with Crippen molar-refractivity contribution in [1.29, 1.82) is 0 Å². The van der Waals surface area contributed by atoms with Crippen LogP contribution in [0.5, 0.6) is 0 Å². The van der Waals surface area contributed by atoms with Crippen LogP contribution in [0.25, 0.3) is 0 Å². The van der Waals surface area contributed by atoms with Crippen molar-refractivity contribution in [3.8, 4) is 0 Å². The lowest BCUT2D eigenvalue weighted by Gasteiger charge is -2.13. The summed E-state index contributed by atoms with van der Waals surface area (Å²) in [5.74, 6) is 0.996. The van der Waals surface area contributed by atoms with Crippen molar-refractivity contribution in [3.05, 3.63) is 34.1 Å². The summed E-state index contributed by atoms with van der Waals surface area (Å²) >= 11 is 3.23. The van der Waals surface area contributed by atoms with Gasteiger partial charge in [-0.25, -0.2) is 4.39 Å². The molecule has 0 saturated carbocycles. The van der Waals surface area contributed by atoms with E-state index in [4.69, 9.17) is 0 Å². The fourth-order valence-electron chi connectivity index (χ4n) is 1.37. The third kappa shape index (κ3) is 7.10. The second kappa shape index (κ2) is 9.52. The van der Waals surface area contributed by atoms with Gasteiger partial charge in [0.05, 0.1) is 0 Å². The van der Waals surface area contributed by atoms with E-state index in [2.05, 4.69) is 45.4 Å². The Labute approximate surface area is 139 Å². The first-order valence-electron chi connectivity index (χ1n) is 5.91. The number of guanidine groups is 1. The van der Waals surface area contributed by atoms with E-state index in [1.54, 1.807) is 13.1 Å². The van der Waals surface area contributed by atoms with E-state index in [-0.39, 0.29) is 29.8 Å². The third-order valence-electron chi connectivity index (χ3n) is 2.36. The number of hydrogen-bond acceptors (Lipinski definition) is 1. The molecule has 1 rings (SSSR count). The molecule has 108 valence electrons. The monoisotopic (exact) mass is 443 g/mol. The molecule has 0 aliphatic heterocycles. The highest BCUT2D eigenvalue weighted by Gasteiger charge is 2.04. The van der Waals surface area contributed by atoms with Crippen LogP contribution in [-0.4, -0.2) is 19.6 Å². The van der Waals surface area contributed by atoms with E-state index in [9.17, 15) is 4.39 Å². The average molecular weight is 444 g/mol. The molecule has 0 bridgehead atoms. The summed E-state index contributed by atoms with van der Waals surface area (Å²) in [6.45, 7) is 5.49. The van der Waals surface area contributed by atoms with E-state index in [1.807, 2.05) is 6.07 Å². The number of nitrogens with zero attached hydrogens (tertiary/aromatic N) is 1. The van der Waals surface area contributed by atoms with Crippen LogP contribution in [0.1, 0.15) is 19.4 Å². The van der Waals surface area contributed by atoms with Crippen molar-refractivity contribution in [1.82, 2.24) is 10.6 Å². The molecule has 19 heavy (non-hydrogen) atoms. The normalized spacial score (nSPS) is 11.2. The summed E-state index contributed by atoms with van der Waals surface area (Å²) in [4.78, 5) is 4.09. The lowest BCUT2D eigenvalue weighted by atomic mass is 10.2. The molecule has 0 atom stereocenters. The zero-order valence-electron chi connectivity index (χ0n) is 11.3. The first-order chi connectivity index (χ1) is 8.52. The minimum Gasteiger partial charge on any atom is -0.356 e. The lowest BCUT2D eigenvalue weighted by molar-refractivity contribution is 0.596. The number of aliphatic imine (C=N–C) groups is 1. The van der Waals surface area contributed by atoms with Crippen LogP contribution >= 0.6 is 39.9 Å². The summed E-state index contributed by atoms with van der Waals surface area (Å²) in [5, 5.41) is 6.26. The maximum absolute atomic E-state index is 13.6. The fraction of sp³-hybridized carbons (Fsp3) is 0.462. The maximum Gasteiger partial charge on any atom is 0.191 e. The van der Waals surface area contributed by atoms with Crippen molar-refractivity contribution in [2.75, 3.05) is 13.6 Å². The molecule has 0 unspecified atom stereocenters. The number of nitrogens with one attached hydrogen (secondary N) is 2. The molecule has 2 N–H and O–H groups in total. The summed E-state index contributed by atoms with van der Waals surface area (Å²) in [7, 11) is 1.70. The van der Waals surface area contributed by atoms with Gasteiger partial charge in [-0.2, -0.15) is 0 Å². The number of hydrogen-bond donors (Lipinski definition) is 2. The molecular weight excluding hydrogens is 424 g/mol. The van der Waals surface area contributed by atoms with Gasteiger partial charge in [-0.1, -0.05) is 35.8 Å². The Kier molecular flexibility index (Phi) is 9.34. The highest BCUT2D eigenvalue weighted by atomic mass is 127. The van der Waals surface area contributed by atoms with E-state index in [1.165, 1.54) is 6.07 Å². The second-order valence-corrected chi connectivity index (χ2v) is 5.35. The molecule has 0 aromatic heterocycles. The average Bonchev–Trinajstić information content (AvgIpc) is 2.31. The van der Waals surface area contributed by atoms with Gasteiger partial charge < -0.3 is 10.6 Å².